The lowest BCUT2D eigenvalue weighted by atomic mass is 9.93. The lowest BCUT2D eigenvalue weighted by Gasteiger charge is -2.19. The maximum atomic E-state index is 10.4. The second-order valence-corrected chi connectivity index (χ2v) is 5.97. The molecule has 5 nitrogen and oxygen atoms in total. The first kappa shape index (κ1) is 16.5. The van der Waals surface area contributed by atoms with Crippen LogP contribution in [0.4, 0.5) is 0 Å². The lowest BCUT2D eigenvalue weighted by molar-refractivity contribution is 0.368. The molecule has 0 bridgehead atoms. The molecule has 0 atom stereocenters. The minimum absolute atomic E-state index is 0.166. The zero-order valence-corrected chi connectivity index (χ0v) is 14.1. The van der Waals surface area contributed by atoms with Crippen molar-refractivity contribution in [1.29, 1.82) is 0 Å². The molecular formula is C19H23NO4. The van der Waals surface area contributed by atoms with Gasteiger partial charge in [-0.2, -0.15) is 0 Å². The summed E-state index contributed by atoms with van der Waals surface area (Å²) < 4.78 is 10.4. The number of phenolic OH excluding ortho intramolecular Hbond substituents is 2. The third-order valence-corrected chi connectivity index (χ3v) is 4.60. The summed E-state index contributed by atoms with van der Waals surface area (Å²) in [6, 6.07) is 7.51. The van der Waals surface area contributed by atoms with Crippen LogP contribution >= 0.6 is 0 Å². The van der Waals surface area contributed by atoms with E-state index in [1.807, 2.05) is 12.1 Å². The second kappa shape index (κ2) is 7.01. The third-order valence-electron chi connectivity index (χ3n) is 4.60. The van der Waals surface area contributed by atoms with Gasteiger partial charge in [0.1, 0.15) is 0 Å². The maximum absolute atomic E-state index is 10.4. The first-order chi connectivity index (χ1) is 11.6. The molecule has 0 aromatic heterocycles. The van der Waals surface area contributed by atoms with Gasteiger partial charge in [0.15, 0.2) is 23.0 Å². The summed E-state index contributed by atoms with van der Waals surface area (Å²) in [6.45, 7) is 1.37. The Morgan fingerprint density at radius 3 is 2.33 bits per heavy atom. The second-order valence-electron chi connectivity index (χ2n) is 5.97. The van der Waals surface area contributed by atoms with Crippen LogP contribution in [0.1, 0.15) is 22.3 Å². The van der Waals surface area contributed by atoms with Crippen LogP contribution < -0.4 is 14.8 Å². The molecule has 0 unspecified atom stereocenters. The number of ether oxygens (including phenoxy) is 2. The Morgan fingerprint density at radius 1 is 0.875 bits per heavy atom. The Hall–Kier alpha value is -2.40. The number of rotatable bonds is 2. The van der Waals surface area contributed by atoms with Crippen LogP contribution in [0, 0.1) is 0 Å². The first-order valence-electron chi connectivity index (χ1n) is 8.11. The van der Waals surface area contributed by atoms with Crippen molar-refractivity contribution in [3.05, 3.63) is 46.5 Å². The number of aryl methyl sites for hydroxylation is 2. The maximum Gasteiger partial charge on any atom is 0.162 e. The van der Waals surface area contributed by atoms with Gasteiger partial charge in [-0.1, -0.05) is 6.07 Å². The molecule has 0 amide bonds. The van der Waals surface area contributed by atoms with Crippen molar-refractivity contribution in [3.8, 4) is 23.0 Å². The average Bonchev–Trinajstić information content (AvgIpc) is 2.59. The molecule has 0 spiro atoms. The summed E-state index contributed by atoms with van der Waals surface area (Å²) in [6.07, 6.45) is 2.42. The summed E-state index contributed by atoms with van der Waals surface area (Å²) in [5.74, 6) is 1.38. The van der Waals surface area contributed by atoms with Gasteiger partial charge in [-0.05, 0) is 60.7 Å². The van der Waals surface area contributed by atoms with Gasteiger partial charge in [-0.3, -0.25) is 0 Å². The summed E-state index contributed by atoms with van der Waals surface area (Å²) in [5, 5.41) is 23.8. The van der Waals surface area contributed by atoms with E-state index in [0.717, 1.165) is 42.5 Å². The minimum Gasteiger partial charge on any atom is -0.504 e. The van der Waals surface area contributed by atoms with Gasteiger partial charge in [0.25, 0.3) is 0 Å². The van der Waals surface area contributed by atoms with Crippen molar-refractivity contribution < 1.29 is 19.7 Å². The van der Waals surface area contributed by atoms with Crippen LogP contribution in [0.25, 0.3) is 0 Å². The van der Waals surface area contributed by atoms with E-state index in [1.54, 1.807) is 26.4 Å². The normalized spacial score (nSPS) is 14.4. The molecule has 1 heterocycles. The standard InChI is InChI=1S/C19H23NO4/c1-23-17-6-5-12-3-4-13-9-16(21)18(24-2)10-14(13)7-8-20-11-15(12)19(17)22/h5-6,9-10,20-22H,3-4,7-8,11H2,1-2H3. The molecule has 1 aliphatic rings. The third kappa shape index (κ3) is 3.12. The molecular weight excluding hydrogens is 306 g/mol. The molecule has 1 aliphatic heterocycles. The lowest BCUT2D eigenvalue weighted by Crippen LogP contribution is -2.20. The van der Waals surface area contributed by atoms with E-state index in [4.69, 9.17) is 9.47 Å². The molecule has 2 aromatic carbocycles. The molecule has 0 saturated heterocycles. The molecule has 128 valence electrons. The monoisotopic (exact) mass is 329 g/mol. The molecule has 2 aromatic rings. The number of phenols is 2. The average molecular weight is 329 g/mol. The highest BCUT2D eigenvalue weighted by Crippen LogP contribution is 2.35. The zero-order valence-electron chi connectivity index (χ0n) is 14.1. The molecule has 3 rings (SSSR count). The number of hydrogen-bond acceptors (Lipinski definition) is 5. The van der Waals surface area contributed by atoms with Crippen molar-refractivity contribution in [2.45, 2.75) is 25.8 Å². The van der Waals surface area contributed by atoms with Crippen LogP contribution in [-0.4, -0.2) is 31.0 Å². The largest absolute Gasteiger partial charge is 0.504 e. The van der Waals surface area contributed by atoms with Crippen LogP contribution in [0.15, 0.2) is 24.3 Å². The summed E-state index contributed by atoms with van der Waals surface area (Å²) >= 11 is 0. The Labute approximate surface area is 141 Å². The quantitative estimate of drug-likeness (QED) is 0.790. The van der Waals surface area contributed by atoms with E-state index in [1.165, 1.54) is 5.56 Å². The van der Waals surface area contributed by atoms with Crippen molar-refractivity contribution >= 4 is 0 Å². The molecule has 0 aliphatic carbocycles. The van der Waals surface area contributed by atoms with Gasteiger partial charge in [-0.15, -0.1) is 0 Å². The fourth-order valence-corrected chi connectivity index (χ4v) is 3.24. The zero-order chi connectivity index (χ0) is 17.1. The number of benzene rings is 2. The van der Waals surface area contributed by atoms with Crippen LogP contribution in [0.3, 0.4) is 0 Å². The molecule has 0 fully saturated rings. The van der Waals surface area contributed by atoms with E-state index in [0.29, 0.717) is 18.0 Å². The smallest absolute Gasteiger partial charge is 0.162 e. The number of methoxy groups -OCH3 is 2. The van der Waals surface area contributed by atoms with Gasteiger partial charge in [0.2, 0.25) is 0 Å². The Morgan fingerprint density at radius 2 is 1.58 bits per heavy atom. The van der Waals surface area contributed by atoms with E-state index >= 15 is 0 Å². The van der Waals surface area contributed by atoms with E-state index in [9.17, 15) is 10.2 Å². The molecule has 0 saturated carbocycles. The van der Waals surface area contributed by atoms with Crippen LogP contribution in [-0.2, 0) is 25.8 Å². The highest BCUT2D eigenvalue weighted by molar-refractivity contribution is 5.51. The predicted octanol–water partition coefficient (Wildman–Crippen LogP) is 2.55. The summed E-state index contributed by atoms with van der Waals surface area (Å²) in [7, 11) is 3.12. The van der Waals surface area contributed by atoms with Gasteiger partial charge in [0.05, 0.1) is 14.2 Å². The van der Waals surface area contributed by atoms with Gasteiger partial charge in [-0.25, -0.2) is 0 Å². The predicted molar refractivity (Wildman–Crippen MR) is 92.1 cm³/mol. The number of hydrogen-bond donors (Lipinski definition) is 3. The van der Waals surface area contributed by atoms with Crippen molar-refractivity contribution in [1.82, 2.24) is 5.32 Å². The summed E-state index contributed by atoms with van der Waals surface area (Å²) in [4.78, 5) is 0. The topological polar surface area (TPSA) is 71.0 Å². The SMILES string of the molecule is COc1cc2c(cc1O)CCc1ccc(OC)c(O)c1CNCC2. The fourth-order valence-electron chi connectivity index (χ4n) is 3.24. The Bertz CT molecular complexity index is 739. The molecule has 5 heteroatoms. The van der Waals surface area contributed by atoms with Crippen molar-refractivity contribution in [2.24, 2.45) is 0 Å². The van der Waals surface area contributed by atoms with Gasteiger partial charge >= 0.3 is 0 Å². The number of fused-ring (bicyclic) bond motifs is 2. The first-order valence-corrected chi connectivity index (χ1v) is 8.11. The van der Waals surface area contributed by atoms with E-state index in [2.05, 4.69) is 5.32 Å². The number of nitrogens with one attached hydrogen (secondary N) is 1. The van der Waals surface area contributed by atoms with Crippen LogP contribution in [0.2, 0.25) is 0 Å². The molecule has 24 heavy (non-hydrogen) atoms. The van der Waals surface area contributed by atoms with Gasteiger partial charge in [0, 0.05) is 12.1 Å². The molecule has 3 N–H and O–H groups in total. The Balaban J connectivity index is 1.96. The highest BCUT2D eigenvalue weighted by atomic mass is 16.5. The van der Waals surface area contributed by atoms with E-state index < -0.39 is 0 Å². The fraction of sp³-hybridized carbons (Fsp3) is 0.368. The molecule has 0 radical (unpaired) electrons. The van der Waals surface area contributed by atoms with Crippen molar-refractivity contribution in [2.75, 3.05) is 20.8 Å². The minimum atomic E-state index is 0.166. The van der Waals surface area contributed by atoms with Crippen LogP contribution in [0.5, 0.6) is 23.0 Å². The summed E-state index contributed by atoms with van der Waals surface area (Å²) in [5.41, 5.74) is 4.26. The van der Waals surface area contributed by atoms with Crippen molar-refractivity contribution in [3.63, 3.8) is 0 Å². The highest BCUT2D eigenvalue weighted by Gasteiger charge is 2.16. The van der Waals surface area contributed by atoms with Gasteiger partial charge < -0.3 is 25.0 Å². The Kier molecular flexibility index (Phi) is 4.81. The number of aromatic hydroxyl groups is 2. The van der Waals surface area contributed by atoms with E-state index in [-0.39, 0.29) is 11.5 Å².